The second-order valence-corrected chi connectivity index (χ2v) is 5.18. The summed E-state index contributed by atoms with van der Waals surface area (Å²) in [6, 6.07) is 4.59. The quantitative estimate of drug-likeness (QED) is 0.357. The average molecular weight is 280 g/mol. The van der Waals surface area contributed by atoms with Crippen molar-refractivity contribution in [2.45, 2.75) is 23.8 Å². The zero-order valence-corrected chi connectivity index (χ0v) is 10.4. The molecule has 1 aromatic rings. The standard InChI is InChI=1S/C9H10ClNO5S/c1-2-9(10)16-17(14,15)8-5-3-4-7(6-8)11(12)13/h3-6,9H,2H2,1H3. The van der Waals surface area contributed by atoms with Gasteiger partial charge in [-0.15, -0.1) is 0 Å². The average Bonchev–Trinajstić information content (AvgIpc) is 2.28. The highest BCUT2D eigenvalue weighted by atomic mass is 35.5. The summed E-state index contributed by atoms with van der Waals surface area (Å²) in [6.45, 7) is 1.65. The van der Waals surface area contributed by atoms with E-state index in [1.807, 2.05) is 0 Å². The molecule has 0 radical (unpaired) electrons. The minimum Gasteiger partial charge on any atom is -0.258 e. The van der Waals surface area contributed by atoms with Gasteiger partial charge in [-0.2, -0.15) is 8.42 Å². The van der Waals surface area contributed by atoms with Gasteiger partial charge < -0.3 is 0 Å². The Morgan fingerprint density at radius 2 is 2.18 bits per heavy atom. The molecule has 1 rings (SSSR count). The summed E-state index contributed by atoms with van der Waals surface area (Å²) < 4.78 is 27.9. The molecule has 0 amide bonds. The molecule has 0 saturated heterocycles. The molecule has 0 saturated carbocycles. The molecule has 0 fully saturated rings. The first-order chi connectivity index (χ1) is 7.86. The lowest BCUT2D eigenvalue weighted by Crippen LogP contribution is -2.12. The van der Waals surface area contributed by atoms with Crippen molar-refractivity contribution in [1.82, 2.24) is 0 Å². The van der Waals surface area contributed by atoms with E-state index in [0.717, 1.165) is 6.07 Å². The van der Waals surface area contributed by atoms with Gasteiger partial charge in [0.25, 0.3) is 15.8 Å². The molecule has 1 unspecified atom stereocenters. The summed E-state index contributed by atoms with van der Waals surface area (Å²) in [6.07, 6.45) is 0.301. The van der Waals surface area contributed by atoms with Gasteiger partial charge in [0, 0.05) is 12.1 Å². The molecule has 0 aliphatic heterocycles. The molecule has 0 aliphatic rings. The highest BCUT2D eigenvalue weighted by molar-refractivity contribution is 7.86. The van der Waals surface area contributed by atoms with Crippen LogP contribution in [-0.4, -0.2) is 18.9 Å². The van der Waals surface area contributed by atoms with Gasteiger partial charge in [0.2, 0.25) is 0 Å². The molecule has 0 aromatic heterocycles. The van der Waals surface area contributed by atoms with Crippen LogP contribution in [0.5, 0.6) is 0 Å². The number of rotatable bonds is 5. The molecule has 1 aromatic carbocycles. The topological polar surface area (TPSA) is 86.5 Å². The predicted molar refractivity (Wildman–Crippen MR) is 61.3 cm³/mol. The Balaban J connectivity index is 3.07. The van der Waals surface area contributed by atoms with Crippen LogP contribution in [0, 0.1) is 10.1 Å². The SMILES string of the molecule is CCC(Cl)OS(=O)(=O)c1cccc([N+](=O)[O-])c1. The third-order valence-corrected chi connectivity index (χ3v) is 3.69. The summed E-state index contributed by atoms with van der Waals surface area (Å²) in [4.78, 5) is 9.53. The summed E-state index contributed by atoms with van der Waals surface area (Å²) >= 11 is 5.57. The zero-order valence-electron chi connectivity index (χ0n) is 8.87. The van der Waals surface area contributed by atoms with Gasteiger partial charge in [0.15, 0.2) is 5.56 Å². The van der Waals surface area contributed by atoms with Crippen molar-refractivity contribution in [1.29, 1.82) is 0 Å². The summed E-state index contributed by atoms with van der Waals surface area (Å²) in [7, 11) is -4.06. The molecule has 8 heteroatoms. The van der Waals surface area contributed by atoms with Gasteiger partial charge in [-0.3, -0.25) is 10.1 Å². The van der Waals surface area contributed by atoms with Crippen LogP contribution in [0.3, 0.4) is 0 Å². The first kappa shape index (κ1) is 13.9. The molecule has 0 heterocycles. The molecule has 17 heavy (non-hydrogen) atoms. The van der Waals surface area contributed by atoms with Gasteiger partial charge in [0.1, 0.15) is 4.90 Å². The van der Waals surface area contributed by atoms with E-state index in [1.165, 1.54) is 18.2 Å². The normalized spacial score (nSPS) is 13.3. The number of nitro groups is 1. The monoisotopic (exact) mass is 279 g/mol. The number of halogens is 1. The number of hydrogen-bond acceptors (Lipinski definition) is 5. The van der Waals surface area contributed by atoms with Crippen molar-refractivity contribution in [2.75, 3.05) is 0 Å². The molecule has 94 valence electrons. The minimum absolute atomic E-state index is 0.286. The fraction of sp³-hybridized carbons (Fsp3) is 0.333. The van der Waals surface area contributed by atoms with E-state index >= 15 is 0 Å². The van der Waals surface area contributed by atoms with E-state index in [4.69, 9.17) is 11.6 Å². The zero-order chi connectivity index (χ0) is 13.1. The number of nitrogens with zero attached hydrogens (tertiary/aromatic N) is 1. The highest BCUT2D eigenvalue weighted by Gasteiger charge is 2.21. The van der Waals surface area contributed by atoms with Crippen LogP contribution in [0.25, 0.3) is 0 Å². The van der Waals surface area contributed by atoms with Gasteiger partial charge >= 0.3 is 0 Å². The van der Waals surface area contributed by atoms with Crippen LogP contribution >= 0.6 is 11.6 Å². The third kappa shape index (κ3) is 3.65. The maximum Gasteiger partial charge on any atom is 0.298 e. The van der Waals surface area contributed by atoms with E-state index in [9.17, 15) is 18.5 Å². The van der Waals surface area contributed by atoms with Crippen molar-refractivity contribution < 1.29 is 17.5 Å². The van der Waals surface area contributed by atoms with Crippen LogP contribution in [0.1, 0.15) is 13.3 Å². The summed E-state index contributed by atoms with van der Waals surface area (Å²) in [5.41, 5.74) is -1.31. The Kier molecular flexibility index (Phi) is 4.44. The van der Waals surface area contributed by atoms with Crippen LogP contribution in [-0.2, 0) is 14.3 Å². The molecule has 0 N–H and O–H groups in total. The van der Waals surface area contributed by atoms with Gasteiger partial charge in [-0.05, 0) is 12.5 Å². The Bertz CT molecular complexity index is 516. The number of alkyl halides is 1. The Labute approximate surface area is 103 Å². The van der Waals surface area contributed by atoms with Crippen LogP contribution < -0.4 is 0 Å². The lowest BCUT2D eigenvalue weighted by atomic mass is 10.3. The van der Waals surface area contributed by atoms with Crippen molar-refractivity contribution in [3.05, 3.63) is 34.4 Å². The molecule has 6 nitrogen and oxygen atoms in total. The molecular formula is C9H10ClNO5S. The van der Waals surface area contributed by atoms with Crippen molar-refractivity contribution in [2.24, 2.45) is 0 Å². The van der Waals surface area contributed by atoms with E-state index in [1.54, 1.807) is 6.92 Å². The number of nitro benzene ring substituents is 1. The maximum absolute atomic E-state index is 11.6. The number of benzene rings is 1. The Morgan fingerprint density at radius 3 is 2.71 bits per heavy atom. The molecule has 1 atom stereocenters. The molecule has 0 bridgehead atoms. The Morgan fingerprint density at radius 1 is 1.53 bits per heavy atom. The summed E-state index contributed by atoms with van der Waals surface area (Å²) in [5, 5.41) is 10.5. The fourth-order valence-corrected chi connectivity index (χ4v) is 2.33. The fourth-order valence-electron chi connectivity index (χ4n) is 1.01. The van der Waals surface area contributed by atoms with Crippen LogP contribution in [0.4, 0.5) is 5.69 Å². The minimum atomic E-state index is -4.06. The molecule has 0 spiro atoms. The van der Waals surface area contributed by atoms with Crippen molar-refractivity contribution in [3.8, 4) is 0 Å². The largest absolute Gasteiger partial charge is 0.298 e. The lowest BCUT2D eigenvalue weighted by molar-refractivity contribution is -0.385. The summed E-state index contributed by atoms with van der Waals surface area (Å²) in [5.74, 6) is 0. The van der Waals surface area contributed by atoms with E-state index in [2.05, 4.69) is 4.18 Å². The van der Waals surface area contributed by atoms with Gasteiger partial charge in [-0.25, -0.2) is 4.18 Å². The first-order valence-electron chi connectivity index (χ1n) is 4.68. The van der Waals surface area contributed by atoms with Crippen LogP contribution in [0.15, 0.2) is 29.2 Å². The second kappa shape index (κ2) is 5.44. The van der Waals surface area contributed by atoms with Crippen molar-refractivity contribution >= 4 is 27.4 Å². The molecular weight excluding hydrogens is 270 g/mol. The van der Waals surface area contributed by atoms with Crippen LogP contribution in [0.2, 0.25) is 0 Å². The van der Waals surface area contributed by atoms with Gasteiger partial charge in [0.05, 0.1) is 4.92 Å². The first-order valence-corrected chi connectivity index (χ1v) is 6.53. The second-order valence-electron chi connectivity index (χ2n) is 3.12. The maximum atomic E-state index is 11.6. The molecule has 0 aliphatic carbocycles. The predicted octanol–water partition coefficient (Wildman–Crippen LogP) is 2.28. The lowest BCUT2D eigenvalue weighted by Gasteiger charge is -2.08. The van der Waals surface area contributed by atoms with Crippen molar-refractivity contribution in [3.63, 3.8) is 0 Å². The number of hydrogen-bond donors (Lipinski definition) is 0. The van der Waals surface area contributed by atoms with E-state index in [-0.39, 0.29) is 10.6 Å². The Hall–Kier alpha value is -1.18. The van der Waals surface area contributed by atoms with E-state index < -0.39 is 20.6 Å². The highest BCUT2D eigenvalue weighted by Crippen LogP contribution is 2.21. The smallest absolute Gasteiger partial charge is 0.258 e. The third-order valence-electron chi connectivity index (χ3n) is 1.87. The van der Waals surface area contributed by atoms with E-state index in [0.29, 0.717) is 6.42 Å². The van der Waals surface area contributed by atoms with Gasteiger partial charge in [-0.1, -0.05) is 24.6 Å². The number of non-ortho nitro benzene ring substituents is 1.